The Labute approximate surface area is 157 Å². The van der Waals surface area contributed by atoms with Gasteiger partial charge in [0.15, 0.2) is 0 Å². The molecule has 0 radical (unpaired) electrons. The van der Waals surface area contributed by atoms with Gasteiger partial charge in [0.25, 0.3) is 5.56 Å². The van der Waals surface area contributed by atoms with Crippen molar-refractivity contribution < 1.29 is 17.9 Å². The van der Waals surface area contributed by atoms with Crippen LogP contribution in [0, 0.1) is 0 Å². The highest BCUT2D eigenvalue weighted by molar-refractivity contribution is 5.79. The smallest absolute Gasteiger partial charge is 0.406 e. The van der Waals surface area contributed by atoms with Gasteiger partial charge < -0.3 is 9.72 Å². The zero-order valence-corrected chi connectivity index (χ0v) is 14.3. The number of fused-ring (bicyclic) bond motifs is 1. The molecule has 0 atom stereocenters. The van der Waals surface area contributed by atoms with E-state index in [1.54, 1.807) is 42.5 Å². The molecule has 0 aliphatic rings. The van der Waals surface area contributed by atoms with E-state index in [0.29, 0.717) is 16.7 Å². The summed E-state index contributed by atoms with van der Waals surface area (Å²) in [5.74, 6) is 0.176. The first-order valence-electron chi connectivity index (χ1n) is 8.35. The minimum atomic E-state index is -4.72. The van der Waals surface area contributed by atoms with Crippen LogP contribution in [0.15, 0.2) is 77.6 Å². The maximum atomic E-state index is 12.2. The van der Waals surface area contributed by atoms with Gasteiger partial charge in [-0.2, -0.15) is 0 Å². The standard InChI is InChI=1S/C21H13F3N2O2/c22-21(23,24)28-16-11-9-14(10-12-16)13-5-7-15(8-6-13)19-25-18-4-2-1-3-17(18)20(27)26-19/h1-12H,(H,25,26,27). The predicted octanol–water partition coefficient (Wildman–Crippen LogP) is 5.16. The molecule has 1 aromatic heterocycles. The molecule has 0 aliphatic carbocycles. The van der Waals surface area contributed by atoms with Crippen LogP contribution in [0.1, 0.15) is 0 Å². The largest absolute Gasteiger partial charge is 0.573 e. The average Bonchev–Trinajstić information content (AvgIpc) is 2.67. The molecule has 0 fully saturated rings. The Hall–Kier alpha value is -3.61. The lowest BCUT2D eigenvalue weighted by Crippen LogP contribution is -2.16. The Kier molecular flexibility index (Phi) is 4.35. The molecule has 3 aromatic carbocycles. The maximum Gasteiger partial charge on any atom is 0.573 e. The fourth-order valence-electron chi connectivity index (χ4n) is 2.89. The summed E-state index contributed by atoms with van der Waals surface area (Å²) in [6.07, 6.45) is -4.72. The minimum absolute atomic E-state index is 0.218. The number of nitrogens with zero attached hydrogens (tertiary/aromatic N) is 1. The number of para-hydroxylation sites is 1. The average molecular weight is 382 g/mol. The Balaban J connectivity index is 1.62. The number of H-pyrrole nitrogens is 1. The normalized spacial score (nSPS) is 11.5. The van der Waals surface area contributed by atoms with E-state index in [4.69, 9.17) is 0 Å². The van der Waals surface area contributed by atoms with Gasteiger partial charge in [-0.05, 0) is 35.4 Å². The molecular formula is C21H13F3N2O2. The number of hydrogen-bond acceptors (Lipinski definition) is 3. The molecule has 0 spiro atoms. The van der Waals surface area contributed by atoms with Gasteiger partial charge in [0.2, 0.25) is 0 Å². The van der Waals surface area contributed by atoms with Gasteiger partial charge in [0, 0.05) is 5.56 Å². The van der Waals surface area contributed by atoms with Gasteiger partial charge in [0.1, 0.15) is 11.6 Å². The van der Waals surface area contributed by atoms with Crippen LogP contribution in [0.25, 0.3) is 33.4 Å². The number of benzene rings is 3. The first-order valence-corrected chi connectivity index (χ1v) is 8.35. The number of aromatic nitrogens is 2. The zero-order valence-electron chi connectivity index (χ0n) is 14.3. The van der Waals surface area contributed by atoms with Crippen LogP contribution in [0.5, 0.6) is 5.75 Å². The van der Waals surface area contributed by atoms with Gasteiger partial charge in [-0.1, -0.05) is 48.5 Å². The van der Waals surface area contributed by atoms with Gasteiger partial charge in [-0.3, -0.25) is 4.79 Å². The summed E-state index contributed by atoms with van der Waals surface area (Å²) >= 11 is 0. The van der Waals surface area contributed by atoms with E-state index in [9.17, 15) is 18.0 Å². The van der Waals surface area contributed by atoms with E-state index in [2.05, 4.69) is 14.7 Å². The number of hydrogen-bond donors (Lipinski definition) is 1. The van der Waals surface area contributed by atoms with Crippen molar-refractivity contribution in [1.29, 1.82) is 0 Å². The summed E-state index contributed by atoms with van der Waals surface area (Å²) in [6, 6.07) is 19.9. The molecular weight excluding hydrogens is 369 g/mol. The summed E-state index contributed by atoms with van der Waals surface area (Å²) in [6.45, 7) is 0. The summed E-state index contributed by atoms with van der Waals surface area (Å²) in [7, 11) is 0. The molecule has 28 heavy (non-hydrogen) atoms. The van der Waals surface area contributed by atoms with E-state index in [1.165, 1.54) is 12.1 Å². The minimum Gasteiger partial charge on any atom is -0.406 e. The zero-order chi connectivity index (χ0) is 19.7. The number of alkyl halides is 3. The van der Waals surface area contributed by atoms with Crippen LogP contribution in [-0.2, 0) is 0 Å². The lowest BCUT2D eigenvalue weighted by molar-refractivity contribution is -0.274. The van der Waals surface area contributed by atoms with Gasteiger partial charge in [-0.25, -0.2) is 4.98 Å². The Bertz CT molecular complexity index is 1180. The highest BCUT2D eigenvalue weighted by Gasteiger charge is 2.30. The van der Waals surface area contributed by atoms with Gasteiger partial charge in [-0.15, -0.1) is 13.2 Å². The lowest BCUT2D eigenvalue weighted by Gasteiger charge is -2.09. The van der Waals surface area contributed by atoms with Crippen LogP contribution in [0.4, 0.5) is 13.2 Å². The van der Waals surface area contributed by atoms with E-state index in [-0.39, 0.29) is 11.3 Å². The fourth-order valence-corrected chi connectivity index (χ4v) is 2.89. The molecule has 4 rings (SSSR count). The van der Waals surface area contributed by atoms with Crippen LogP contribution in [-0.4, -0.2) is 16.3 Å². The third-order valence-corrected chi connectivity index (χ3v) is 4.19. The van der Waals surface area contributed by atoms with E-state index < -0.39 is 6.36 Å². The van der Waals surface area contributed by atoms with Crippen molar-refractivity contribution in [2.75, 3.05) is 0 Å². The Morgan fingerprint density at radius 1 is 0.786 bits per heavy atom. The Morgan fingerprint density at radius 2 is 1.36 bits per heavy atom. The molecule has 1 N–H and O–H groups in total. The Morgan fingerprint density at radius 3 is 2.00 bits per heavy atom. The summed E-state index contributed by atoms with van der Waals surface area (Å²) in [5, 5.41) is 0.518. The molecule has 7 heteroatoms. The third kappa shape index (κ3) is 3.73. The maximum absolute atomic E-state index is 12.2. The summed E-state index contributed by atoms with van der Waals surface area (Å²) < 4.78 is 40.6. The topological polar surface area (TPSA) is 55.0 Å². The SMILES string of the molecule is O=c1[nH]c(-c2ccc(-c3ccc(OC(F)(F)F)cc3)cc2)nc2ccccc12. The molecule has 1 heterocycles. The molecule has 0 amide bonds. The number of rotatable bonds is 3. The van der Waals surface area contributed by atoms with Crippen molar-refractivity contribution in [1.82, 2.24) is 9.97 Å². The monoisotopic (exact) mass is 382 g/mol. The molecule has 0 bridgehead atoms. The van der Waals surface area contributed by atoms with Crippen LogP contribution < -0.4 is 10.3 Å². The second-order valence-corrected chi connectivity index (χ2v) is 6.08. The summed E-state index contributed by atoms with van der Waals surface area (Å²) in [4.78, 5) is 19.4. The van der Waals surface area contributed by atoms with Crippen LogP contribution >= 0.6 is 0 Å². The highest BCUT2D eigenvalue weighted by atomic mass is 19.4. The molecule has 0 saturated heterocycles. The number of aromatic amines is 1. The van der Waals surface area contributed by atoms with Crippen molar-refractivity contribution >= 4 is 10.9 Å². The van der Waals surface area contributed by atoms with E-state index in [1.807, 2.05) is 18.2 Å². The van der Waals surface area contributed by atoms with E-state index in [0.717, 1.165) is 16.7 Å². The van der Waals surface area contributed by atoms with Crippen molar-refractivity contribution in [2.45, 2.75) is 6.36 Å². The lowest BCUT2D eigenvalue weighted by atomic mass is 10.0. The van der Waals surface area contributed by atoms with Crippen LogP contribution in [0.2, 0.25) is 0 Å². The quantitative estimate of drug-likeness (QED) is 0.533. The summed E-state index contributed by atoms with van der Waals surface area (Å²) in [5.41, 5.74) is 2.66. The highest BCUT2D eigenvalue weighted by Crippen LogP contribution is 2.27. The predicted molar refractivity (Wildman–Crippen MR) is 99.9 cm³/mol. The first-order chi connectivity index (χ1) is 13.4. The number of nitrogens with one attached hydrogen (secondary N) is 1. The number of halogens is 3. The molecule has 0 unspecified atom stereocenters. The number of ether oxygens (including phenoxy) is 1. The van der Waals surface area contributed by atoms with Crippen molar-refractivity contribution in [3.05, 3.63) is 83.2 Å². The van der Waals surface area contributed by atoms with Crippen molar-refractivity contribution in [2.24, 2.45) is 0 Å². The fraction of sp³-hybridized carbons (Fsp3) is 0.0476. The molecule has 140 valence electrons. The first kappa shape index (κ1) is 17.8. The second kappa shape index (κ2) is 6.84. The van der Waals surface area contributed by atoms with Crippen molar-refractivity contribution in [3.8, 4) is 28.3 Å². The second-order valence-electron chi connectivity index (χ2n) is 6.08. The van der Waals surface area contributed by atoms with Gasteiger partial charge >= 0.3 is 6.36 Å². The molecule has 4 nitrogen and oxygen atoms in total. The van der Waals surface area contributed by atoms with E-state index >= 15 is 0 Å². The van der Waals surface area contributed by atoms with Crippen molar-refractivity contribution in [3.63, 3.8) is 0 Å². The molecule has 0 saturated carbocycles. The van der Waals surface area contributed by atoms with Gasteiger partial charge in [0.05, 0.1) is 10.9 Å². The molecule has 0 aliphatic heterocycles. The van der Waals surface area contributed by atoms with Crippen LogP contribution in [0.3, 0.4) is 0 Å². The molecule has 4 aromatic rings. The third-order valence-electron chi connectivity index (χ3n) is 4.19.